The van der Waals surface area contributed by atoms with Crippen molar-refractivity contribution in [2.75, 3.05) is 19.5 Å². The molecule has 138 valence electrons. The molecule has 1 N–H and O–H groups in total. The highest BCUT2D eigenvalue weighted by atomic mass is 35.5. The lowest BCUT2D eigenvalue weighted by Crippen LogP contribution is -2.13. The number of amides is 1. The number of benzene rings is 2. The minimum atomic E-state index is -0.730. The number of nitriles is 1. The minimum absolute atomic E-state index is 0.0583. The lowest BCUT2D eigenvalue weighted by Gasteiger charge is -2.08. The molecule has 27 heavy (non-hydrogen) atoms. The van der Waals surface area contributed by atoms with E-state index in [2.05, 4.69) is 5.32 Å². The normalized spacial score (nSPS) is 10.7. The highest BCUT2D eigenvalue weighted by molar-refractivity contribution is 6.32. The summed E-state index contributed by atoms with van der Waals surface area (Å²) in [7, 11) is 2.95. The van der Waals surface area contributed by atoms with Gasteiger partial charge in [0.1, 0.15) is 28.2 Å². The Kier molecular flexibility index (Phi) is 6.36. The summed E-state index contributed by atoms with van der Waals surface area (Å²) in [6, 6.07) is 10.5. The molecule has 1 amide bonds. The van der Waals surface area contributed by atoms with Crippen LogP contribution in [0.15, 0.2) is 42.0 Å². The zero-order valence-corrected chi connectivity index (χ0v) is 15.1. The molecule has 2 aromatic rings. The Balaban J connectivity index is 2.32. The SMILES string of the molecule is COc1ccc(C=C(C#N)C(=O)Nc2ccc(Cl)c([N+](=O)[O-])c2)c(OC)c1. The molecule has 0 aromatic heterocycles. The zero-order chi connectivity index (χ0) is 20.0. The Morgan fingerprint density at radius 3 is 2.59 bits per heavy atom. The number of nitro groups is 1. The molecule has 0 spiro atoms. The molecule has 0 aliphatic carbocycles. The first-order valence-electron chi connectivity index (χ1n) is 7.48. The first-order valence-corrected chi connectivity index (χ1v) is 7.86. The largest absolute Gasteiger partial charge is 0.497 e. The molecular weight excluding hydrogens is 374 g/mol. The average Bonchev–Trinajstić information content (AvgIpc) is 2.67. The van der Waals surface area contributed by atoms with Crippen molar-refractivity contribution in [3.8, 4) is 17.6 Å². The van der Waals surface area contributed by atoms with Crippen LogP contribution in [-0.4, -0.2) is 25.1 Å². The number of nitro benzene ring substituents is 1. The molecule has 8 nitrogen and oxygen atoms in total. The van der Waals surface area contributed by atoms with Crippen LogP contribution in [0.25, 0.3) is 6.08 Å². The van der Waals surface area contributed by atoms with E-state index in [9.17, 15) is 20.2 Å². The van der Waals surface area contributed by atoms with Crippen LogP contribution in [0.4, 0.5) is 11.4 Å². The van der Waals surface area contributed by atoms with Crippen molar-refractivity contribution in [2.45, 2.75) is 0 Å². The van der Waals surface area contributed by atoms with Crippen molar-refractivity contribution in [1.29, 1.82) is 5.26 Å². The summed E-state index contributed by atoms with van der Waals surface area (Å²) in [5, 5.41) is 22.6. The lowest BCUT2D eigenvalue weighted by atomic mass is 10.1. The van der Waals surface area contributed by atoms with E-state index < -0.39 is 10.8 Å². The molecule has 0 unspecified atom stereocenters. The number of ether oxygens (including phenoxy) is 2. The summed E-state index contributed by atoms with van der Waals surface area (Å²) < 4.78 is 10.3. The number of hydrogen-bond acceptors (Lipinski definition) is 6. The van der Waals surface area contributed by atoms with Crippen molar-refractivity contribution in [2.24, 2.45) is 0 Å². The van der Waals surface area contributed by atoms with Crippen molar-refractivity contribution in [1.82, 2.24) is 0 Å². The number of rotatable bonds is 6. The molecule has 2 aromatic carbocycles. The smallest absolute Gasteiger partial charge is 0.289 e. The number of carbonyl (C=O) groups excluding carboxylic acids is 1. The molecule has 0 radical (unpaired) electrons. The van der Waals surface area contributed by atoms with Crippen molar-refractivity contribution >= 4 is 35.0 Å². The van der Waals surface area contributed by atoms with E-state index in [1.165, 1.54) is 32.4 Å². The summed E-state index contributed by atoms with van der Waals surface area (Å²) >= 11 is 5.74. The number of nitrogens with one attached hydrogen (secondary N) is 1. The molecule has 2 rings (SSSR count). The van der Waals surface area contributed by atoms with Crippen LogP contribution in [0.2, 0.25) is 5.02 Å². The summed E-state index contributed by atoms with van der Waals surface area (Å²) in [5.41, 5.74) is 0.0656. The molecule has 0 heterocycles. The first kappa shape index (κ1) is 19.8. The second kappa shape index (κ2) is 8.69. The van der Waals surface area contributed by atoms with Gasteiger partial charge in [-0.15, -0.1) is 0 Å². The van der Waals surface area contributed by atoms with E-state index in [0.29, 0.717) is 17.1 Å². The van der Waals surface area contributed by atoms with Gasteiger partial charge in [-0.05, 0) is 30.3 Å². The average molecular weight is 388 g/mol. The van der Waals surface area contributed by atoms with Gasteiger partial charge in [-0.1, -0.05) is 11.6 Å². The molecule has 9 heteroatoms. The van der Waals surface area contributed by atoms with Gasteiger partial charge >= 0.3 is 0 Å². The third-order valence-corrected chi connectivity index (χ3v) is 3.83. The molecular formula is C18H14ClN3O5. The maximum Gasteiger partial charge on any atom is 0.289 e. The van der Waals surface area contributed by atoms with Gasteiger partial charge < -0.3 is 14.8 Å². The van der Waals surface area contributed by atoms with E-state index in [1.807, 2.05) is 0 Å². The number of methoxy groups -OCH3 is 2. The Bertz CT molecular complexity index is 966. The monoisotopic (exact) mass is 387 g/mol. The summed E-state index contributed by atoms with van der Waals surface area (Å²) in [6.07, 6.45) is 1.35. The third-order valence-electron chi connectivity index (χ3n) is 3.51. The second-order valence-corrected chi connectivity index (χ2v) is 5.56. The number of hydrogen-bond donors (Lipinski definition) is 1. The van der Waals surface area contributed by atoms with Crippen LogP contribution < -0.4 is 14.8 Å². The van der Waals surface area contributed by atoms with Crippen LogP contribution in [0.3, 0.4) is 0 Å². The van der Waals surface area contributed by atoms with Crippen LogP contribution >= 0.6 is 11.6 Å². The maximum atomic E-state index is 12.4. The van der Waals surface area contributed by atoms with Gasteiger partial charge in [0.2, 0.25) is 0 Å². The second-order valence-electron chi connectivity index (χ2n) is 5.16. The summed E-state index contributed by atoms with van der Waals surface area (Å²) in [4.78, 5) is 22.6. The van der Waals surface area contributed by atoms with E-state index in [0.717, 1.165) is 6.07 Å². The number of nitrogens with zero attached hydrogens (tertiary/aromatic N) is 2. The van der Waals surface area contributed by atoms with E-state index in [4.69, 9.17) is 21.1 Å². The lowest BCUT2D eigenvalue weighted by molar-refractivity contribution is -0.384. The number of halogens is 1. The molecule has 0 bridgehead atoms. The third kappa shape index (κ3) is 4.74. The van der Waals surface area contributed by atoms with Crippen molar-refractivity contribution in [3.63, 3.8) is 0 Å². The fraction of sp³-hybridized carbons (Fsp3) is 0.111. The van der Waals surface area contributed by atoms with Crippen molar-refractivity contribution < 1.29 is 19.2 Å². The van der Waals surface area contributed by atoms with Gasteiger partial charge in [-0.25, -0.2) is 0 Å². The molecule has 0 atom stereocenters. The van der Waals surface area contributed by atoms with E-state index in [1.54, 1.807) is 24.3 Å². The van der Waals surface area contributed by atoms with E-state index >= 15 is 0 Å². The number of anilines is 1. The Morgan fingerprint density at radius 2 is 2.00 bits per heavy atom. The topological polar surface area (TPSA) is 114 Å². The van der Waals surface area contributed by atoms with E-state index in [-0.39, 0.29) is 22.0 Å². The summed E-state index contributed by atoms with van der Waals surface area (Å²) in [6.45, 7) is 0. The predicted molar refractivity (Wildman–Crippen MR) is 99.9 cm³/mol. The van der Waals surface area contributed by atoms with Gasteiger partial charge in [-0.3, -0.25) is 14.9 Å². The van der Waals surface area contributed by atoms with Crippen molar-refractivity contribution in [3.05, 3.63) is 62.7 Å². The molecule has 0 saturated heterocycles. The van der Waals surface area contributed by atoms with Crippen LogP contribution in [0.1, 0.15) is 5.56 Å². The van der Waals surface area contributed by atoms with Crippen LogP contribution in [0, 0.1) is 21.4 Å². The molecule has 0 saturated carbocycles. The fourth-order valence-electron chi connectivity index (χ4n) is 2.17. The first-order chi connectivity index (χ1) is 12.9. The Hall–Kier alpha value is -3.57. The van der Waals surface area contributed by atoms with Gasteiger partial charge in [-0.2, -0.15) is 5.26 Å². The summed E-state index contributed by atoms with van der Waals surface area (Å²) in [5.74, 6) is 0.240. The predicted octanol–water partition coefficient (Wildman–Crippen LogP) is 3.81. The number of carbonyl (C=O) groups is 1. The maximum absolute atomic E-state index is 12.4. The van der Waals surface area contributed by atoms with Crippen LogP contribution in [0.5, 0.6) is 11.5 Å². The molecule has 0 fully saturated rings. The standard InChI is InChI=1S/C18H14ClN3O5/c1-26-14-5-3-11(17(9-14)27-2)7-12(10-20)18(23)21-13-4-6-15(19)16(8-13)22(24)25/h3-9H,1-2H3,(H,21,23). The quantitative estimate of drug-likeness (QED) is 0.349. The Labute approximate surface area is 159 Å². The molecule has 0 aliphatic heterocycles. The Morgan fingerprint density at radius 1 is 1.26 bits per heavy atom. The minimum Gasteiger partial charge on any atom is -0.497 e. The van der Waals surface area contributed by atoms with Gasteiger partial charge in [0.15, 0.2) is 0 Å². The zero-order valence-electron chi connectivity index (χ0n) is 14.4. The fourth-order valence-corrected chi connectivity index (χ4v) is 2.36. The molecule has 0 aliphatic rings. The van der Waals surface area contributed by atoms with Crippen LogP contribution in [-0.2, 0) is 4.79 Å². The van der Waals surface area contributed by atoms with Gasteiger partial charge in [0.25, 0.3) is 11.6 Å². The van der Waals surface area contributed by atoms with Gasteiger partial charge in [0.05, 0.1) is 19.1 Å². The highest BCUT2D eigenvalue weighted by Crippen LogP contribution is 2.29. The van der Waals surface area contributed by atoms with Gasteiger partial charge in [0, 0.05) is 23.4 Å². The highest BCUT2D eigenvalue weighted by Gasteiger charge is 2.16.